The number of azo groups is 1. The Kier molecular flexibility index (Phi) is 11.2. The second-order valence-corrected chi connectivity index (χ2v) is 7.42. The summed E-state index contributed by atoms with van der Waals surface area (Å²) in [6.07, 6.45) is 4.15. The van der Waals surface area contributed by atoms with E-state index >= 15 is 0 Å². The van der Waals surface area contributed by atoms with E-state index in [1.165, 1.54) is 10.6 Å². The molecule has 0 aromatic heterocycles. The van der Waals surface area contributed by atoms with E-state index in [1.54, 1.807) is 0 Å². The fraction of sp³-hybridized carbons (Fsp3) is 0.556. The number of hydrogen-bond donors (Lipinski definition) is 1. The molecule has 0 aliphatic carbocycles. The minimum absolute atomic E-state index is 0. The number of halogens is 2. The highest BCUT2D eigenvalue weighted by atomic mass is 127. The zero-order valence-electron chi connectivity index (χ0n) is 16.7. The van der Waals surface area contributed by atoms with E-state index in [2.05, 4.69) is 73.5 Å². The smallest absolute Gasteiger partial charge is 0.284 e. The summed E-state index contributed by atoms with van der Waals surface area (Å²) in [6, 6.07) is 8.37. The second kappa shape index (κ2) is 11.4. The molecule has 8 heteroatoms. The molecule has 1 heterocycles. The van der Waals surface area contributed by atoms with Crippen molar-refractivity contribution in [1.29, 1.82) is 0 Å². The largest absolute Gasteiger partial charge is 1.00 e. The first kappa shape index (κ1) is 25.5. The van der Waals surface area contributed by atoms with E-state index < -0.39 is 0 Å². The highest BCUT2D eigenvalue weighted by Gasteiger charge is 2.24. The topological polar surface area (TPSA) is 35.6 Å². The molecule has 0 saturated heterocycles. The first-order chi connectivity index (χ1) is 11.3. The summed E-state index contributed by atoms with van der Waals surface area (Å²) in [7, 11) is 10.8. The average molecular weight is 586 g/mol. The van der Waals surface area contributed by atoms with Crippen LogP contribution in [0.4, 0.5) is 11.4 Å². The molecule has 2 atom stereocenters. The van der Waals surface area contributed by atoms with Crippen LogP contribution >= 0.6 is 0 Å². The maximum atomic E-state index is 4.45. The molecular weight excluding hydrogens is 554 g/mol. The molecule has 1 aliphatic heterocycles. The van der Waals surface area contributed by atoms with Crippen LogP contribution < -0.4 is 57.8 Å². The maximum absolute atomic E-state index is 4.45. The minimum atomic E-state index is 0. The summed E-state index contributed by atoms with van der Waals surface area (Å²) in [5.41, 5.74) is 2.14. The lowest BCUT2D eigenvalue weighted by atomic mass is 10.2. The van der Waals surface area contributed by atoms with Crippen LogP contribution in [0.2, 0.25) is 0 Å². The van der Waals surface area contributed by atoms with E-state index in [0.717, 1.165) is 29.8 Å². The molecule has 1 aromatic rings. The number of rotatable bonds is 7. The first-order valence-corrected chi connectivity index (χ1v) is 8.60. The standard InChI is InChI=1S/C18H31N6.2HI/c1-7-23(14-15-24(4,5)6)17-10-8-16(9-11-17)19-20-18-21(2)12-13-22(18)3;;/h8-13,18H,7,14-15H2,1-6H3;2*1H/q+1;;/p-1. The van der Waals surface area contributed by atoms with Crippen molar-refractivity contribution in [3.63, 3.8) is 0 Å². The van der Waals surface area contributed by atoms with Gasteiger partial charge in [-0.15, -0.1) is 10.2 Å². The number of likely N-dealkylation sites (N-methyl/N-ethyl adjacent to an activating group) is 2. The summed E-state index contributed by atoms with van der Waals surface area (Å²) >= 11 is 0. The predicted molar refractivity (Wildman–Crippen MR) is 99.3 cm³/mol. The molecule has 2 unspecified atom stereocenters. The van der Waals surface area contributed by atoms with Crippen molar-refractivity contribution in [2.45, 2.75) is 13.2 Å². The average Bonchev–Trinajstić information content (AvgIpc) is 2.85. The molecule has 1 N–H and O–H groups in total. The molecule has 0 amide bonds. The Morgan fingerprint density at radius 1 is 1.15 bits per heavy atom. The molecule has 6 nitrogen and oxygen atoms in total. The van der Waals surface area contributed by atoms with Gasteiger partial charge >= 0.3 is 0 Å². The Bertz CT molecular complexity index is 570. The predicted octanol–water partition coefficient (Wildman–Crippen LogP) is -4.47. The molecule has 2 rings (SSSR count). The van der Waals surface area contributed by atoms with E-state index in [-0.39, 0.29) is 54.2 Å². The van der Waals surface area contributed by atoms with E-state index in [4.69, 9.17) is 0 Å². The number of quaternary nitrogens is 2. The van der Waals surface area contributed by atoms with E-state index in [9.17, 15) is 0 Å². The Labute approximate surface area is 192 Å². The van der Waals surface area contributed by atoms with Gasteiger partial charge in [-0.05, 0) is 31.2 Å². The van der Waals surface area contributed by atoms with Gasteiger partial charge in [0.25, 0.3) is 6.29 Å². The van der Waals surface area contributed by atoms with Gasteiger partial charge in [0.15, 0.2) is 0 Å². The molecule has 0 spiro atoms. The summed E-state index contributed by atoms with van der Waals surface area (Å²) in [5.74, 6) is 0. The van der Waals surface area contributed by atoms with Gasteiger partial charge in [0.05, 0.1) is 53.2 Å². The lowest BCUT2D eigenvalue weighted by molar-refractivity contribution is -0.868. The van der Waals surface area contributed by atoms with Crippen molar-refractivity contribution in [3.05, 3.63) is 36.7 Å². The molecular formula is C18H32I2N6. The van der Waals surface area contributed by atoms with Crippen LogP contribution in [-0.4, -0.2) is 70.5 Å². The van der Waals surface area contributed by atoms with Crippen LogP contribution in [0.5, 0.6) is 0 Å². The molecule has 0 radical (unpaired) electrons. The van der Waals surface area contributed by atoms with Crippen molar-refractivity contribution in [3.8, 4) is 0 Å². The normalized spacial score (nSPS) is 19.4. The molecule has 1 aliphatic rings. The summed E-state index contributed by atoms with van der Waals surface area (Å²) in [5, 5.41) is 8.86. The second-order valence-electron chi connectivity index (χ2n) is 7.42. The highest BCUT2D eigenvalue weighted by Crippen LogP contribution is 2.20. The third kappa shape index (κ3) is 7.65. The fourth-order valence-electron chi connectivity index (χ4n) is 2.64. The molecule has 0 saturated carbocycles. The van der Waals surface area contributed by atoms with Gasteiger partial charge in [-0.1, -0.05) is 0 Å². The lowest BCUT2D eigenvalue weighted by Gasteiger charge is -2.29. The SMILES string of the molecule is CCN(CC[N+](C)(C)C)c1ccc(N=NC2N(C)C=C[NH+]2C)cc1.[I-].[I-]. The van der Waals surface area contributed by atoms with Crippen molar-refractivity contribution < 1.29 is 57.3 Å². The summed E-state index contributed by atoms with van der Waals surface area (Å²) < 4.78 is 0.974. The zero-order chi connectivity index (χ0) is 17.7. The van der Waals surface area contributed by atoms with Gasteiger partial charge in [0.1, 0.15) is 6.20 Å². The van der Waals surface area contributed by atoms with Crippen molar-refractivity contribution in [2.75, 3.05) is 59.8 Å². The molecule has 26 heavy (non-hydrogen) atoms. The fourth-order valence-corrected chi connectivity index (χ4v) is 2.64. The Hall–Kier alpha value is -0.460. The lowest BCUT2D eigenvalue weighted by Crippen LogP contribution is -3.08. The number of nitrogens with one attached hydrogen (secondary N) is 1. The zero-order valence-corrected chi connectivity index (χ0v) is 21.0. The quantitative estimate of drug-likeness (QED) is 0.199. The molecule has 0 bridgehead atoms. The van der Waals surface area contributed by atoms with Gasteiger partial charge < -0.3 is 62.2 Å². The van der Waals surface area contributed by atoms with E-state index in [1.807, 2.05) is 25.4 Å². The number of benzene rings is 1. The summed E-state index contributed by atoms with van der Waals surface area (Å²) in [6.45, 7) is 5.37. The molecule has 148 valence electrons. The highest BCUT2D eigenvalue weighted by molar-refractivity contribution is 5.52. The monoisotopic (exact) mass is 586 g/mol. The van der Waals surface area contributed by atoms with Crippen LogP contribution in [0, 0.1) is 0 Å². The minimum Gasteiger partial charge on any atom is -1.00 e. The third-order valence-electron chi connectivity index (χ3n) is 4.29. The molecule has 0 fully saturated rings. The van der Waals surface area contributed by atoms with Gasteiger partial charge in [0.2, 0.25) is 0 Å². The van der Waals surface area contributed by atoms with Crippen molar-refractivity contribution in [2.24, 2.45) is 10.2 Å². The summed E-state index contributed by atoms with van der Waals surface area (Å²) in [4.78, 5) is 5.68. The van der Waals surface area contributed by atoms with Crippen molar-refractivity contribution >= 4 is 11.4 Å². The first-order valence-electron chi connectivity index (χ1n) is 8.60. The third-order valence-corrected chi connectivity index (χ3v) is 4.29. The van der Waals surface area contributed by atoms with Crippen LogP contribution in [-0.2, 0) is 0 Å². The van der Waals surface area contributed by atoms with E-state index in [0.29, 0.717) is 0 Å². The number of anilines is 1. The van der Waals surface area contributed by atoms with Crippen molar-refractivity contribution in [1.82, 2.24) is 4.90 Å². The Morgan fingerprint density at radius 2 is 1.77 bits per heavy atom. The van der Waals surface area contributed by atoms with Gasteiger partial charge in [-0.2, -0.15) is 0 Å². The molecule has 1 aromatic carbocycles. The van der Waals surface area contributed by atoms with Gasteiger partial charge in [-0.25, -0.2) is 0 Å². The van der Waals surface area contributed by atoms with Crippen LogP contribution in [0.3, 0.4) is 0 Å². The van der Waals surface area contributed by atoms with Gasteiger partial charge in [-0.3, -0.25) is 4.90 Å². The Balaban J connectivity index is 0.00000312. The number of hydrogen-bond acceptors (Lipinski definition) is 4. The maximum Gasteiger partial charge on any atom is 0.284 e. The van der Waals surface area contributed by atoms with Gasteiger partial charge in [0, 0.05) is 19.3 Å². The van der Waals surface area contributed by atoms with Crippen LogP contribution in [0.15, 0.2) is 46.9 Å². The Morgan fingerprint density at radius 3 is 2.23 bits per heavy atom. The van der Waals surface area contributed by atoms with Crippen LogP contribution in [0.25, 0.3) is 0 Å². The number of nitrogens with zero attached hydrogens (tertiary/aromatic N) is 5. The van der Waals surface area contributed by atoms with Crippen LogP contribution in [0.1, 0.15) is 6.92 Å².